The van der Waals surface area contributed by atoms with Gasteiger partial charge in [0, 0.05) is 24.9 Å². The number of carbonyl (C=O) groups excluding carboxylic acids is 1. The molecule has 2 N–H and O–H groups in total. The van der Waals surface area contributed by atoms with Crippen molar-refractivity contribution < 1.29 is 4.79 Å². The summed E-state index contributed by atoms with van der Waals surface area (Å²) in [6.07, 6.45) is 8.35. The Balaban J connectivity index is 2.00. The van der Waals surface area contributed by atoms with Gasteiger partial charge in [-0.15, -0.1) is 0 Å². The van der Waals surface area contributed by atoms with Gasteiger partial charge < -0.3 is 10.6 Å². The summed E-state index contributed by atoms with van der Waals surface area (Å²) >= 11 is 0. The van der Waals surface area contributed by atoms with Gasteiger partial charge in [0.2, 0.25) is 5.91 Å². The van der Waals surface area contributed by atoms with E-state index in [2.05, 4.69) is 6.92 Å². The molecule has 0 saturated heterocycles. The van der Waals surface area contributed by atoms with Crippen molar-refractivity contribution in [1.29, 1.82) is 0 Å². The Kier molecular flexibility index (Phi) is 4.83. The molecule has 3 heteroatoms. The molecule has 0 bridgehead atoms. The maximum Gasteiger partial charge on any atom is 0.246 e. The van der Waals surface area contributed by atoms with Gasteiger partial charge >= 0.3 is 0 Å². The van der Waals surface area contributed by atoms with E-state index < -0.39 is 0 Å². The van der Waals surface area contributed by atoms with Crippen LogP contribution in [-0.2, 0) is 4.79 Å². The average Bonchev–Trinajstić information content (AvgIpc) is 2.44. The van der Waals surface area contributed by atoms with E-state index in [-0.39, 0.29) is 5.91 Å². The number of hydrogen-bond donors (Lipinski definition) is 1. The lowest BCUT2D eigenvalue weighted by Gasteiger charge is -2.35. The first-order chi connectivity index (χ1) is 9.58. The SMILES string of the molecule is CC1CCCCC1N(C)C(=O)/C=C/c1cccc(N)c1. The average molecular weight is 272 g/mol. The number of nitrogen functional groups attached to an aromatic ring is 1. The number of nitrogens with zero attached hydrogens (tertiary/aromatic N) is 1. The third kappa shape index (κ3) is 3.62. The second kappa shape index (κ2) is 6.60. The highest BCUT2D eigenvalue weighted by atomic mass is 16.2. The number of nitrogens with two attached hydrogens (primary N) is 1. The van der Waals surface area contributed by atoms with Crippen molar-refractivity contribution in [2.75, 3.05) is 12.8 Å². The van der Waals surface area contributed by atoms with Gasteiger partial charge in [0.05, 0.1) is 0 Å². The van der Waals surface area contributed by atoms with Crippen molar-refractivity contribution in [2.45, 2.75) is 38.6 Å². The van der Waals surface area contributed by atoms with Gasteiger partial charge in [-0.2, -0.15) is 0 Å². The van der Waals surface area contributed by atoms with Crippen LogP contribution in [0.15, 0.2) is 30.3 Å². The van der Waals surface area contributed by atoms with Gasteiger partial charge in [0.15, 0.2) is 0 Å². The quantitative estimate of drug-likeness (QED) is 0.677. The molecular weight excluding hydrogens is 248 g/mol. The number of benzene rings is 1. The van der Waals surface area contributed by atoms with Crippen molar-refractivity contribution >= 4 is 17.7 Å². The van der Waals surface area contributed by atoms with Crippen LogP contribution in [0.1, 0.15) is 38.2 Å². The summed E-state index contributed by atoms with van der Waals surface area (Å²) in [6, 6.07) is 7.93. The van der Waals surface area contributed by atoms with Gasteiger partial charge in [-0.25, -0.2) is 0 Å². The lowest BCUT2D eigenvalue weighted by atomic mass is 9.85. The molecule has 20 heavy (non-hydrogen) atoms. The van der Waals surface area contributed by atoms with Gasteiger partial charge in [-0.3, -0.25) is 4.79 Å². The van der Waals surface area contributed by atoms with E-state index in [1.807, 2.05) is 42.3 Å². The Bertz CT molecular complexity index is 496. The molecule has 2 unspecified atom stereocenters. The van der Waals surface area contributed by atoms with Crippen LogP contribution in [0.25, 0.3) is 6.08 Å². The third-order valence-electron chi connectivity index (χ3n) is 4.24. The second-order valence-electron chi connectivity index (χ2n) is 5.78. The molecule has 1 saturated carbocycles. The van der Waals surface area contributed by atoms with Gasteiger partial charge in [-0.05, 0) is 42.5 Å². The van der Waals surface area contributed by atoms with E-state index in [1.54, 1.807) is 6.08 Å². The first kappa shape index (κ1) is 14.6. The van der Waals surface area contributed by atoms with Crippen LogP contribution in [0.5, 0.6) is 0 Å². The Labute approximate surface area is 121 Å². The smallest absolute Gasteiger partial charge is 0.246 e. The number of carbonyl (C=O) groups is 1. The molecule has 0 aliphatic heterocycles. The Morgan fingerprint density at radius 3 is 2.80 bits per heavy atom. The van der Waals surface area contributed by atoms with E-state index in [0.717, 1.165) is 12.0 Å². The lowest BCUT2D eigenvalue weighted by Crippen LogP contribution is -2.41. The van der Waals surface area contributed by atoms with Gasteiger partial charge in [0.1, 0.15) is 0 Å². The Morgan fingerprint density at radius 1 is 1.35 bits per heavy atom. The highest BCUT2D eigenvalue weighted by Crippen LogP contribution is 2.27. The van der Waals surface area contributed by atoms with Crippen molar-refractivity contribution in [1.82, 2.24) is 4.90 Å². The maximum atomic E-state index is 12.3. The van der Waals surface area contributed by atoms with Crippen molar-refractivity contribution in [3.63, 3.8) is 0 Å². The number of amides is 1. The minimum absolute atomic E-state index is 0.0752. The van der Waals surface area contributed by atoms with Crippen LogP contribution in [0.3, 0.4) is 0 Å². The van der Waals surface area contributed by atoms with Crippen LogP contribution < -0.4 is 5.73 Å². The highest BCUT2D eigenvalue weighted by molar-refractivity contribution is 5.91. The molecule has 1 fully saturated rings. The fraction of sp³-hybridized carbons (Fsp3) is 0.471. The van der Waals surface area contributed by atoms with Crippen LogP contribution in [-0.4, -0.2) is 23.9 Å². The summed E-state index contributed by atoms with van der Waals surface area (Å²) in [7, 11) is 1.92. The lowest BCUT2D eigenvalue weighted by molar-refractivity contribution is -0.128. The summed E-state index contributed by atoms with van der Waals surface area (Å²) in [5, 5.41) is 0. The Hall–Kier alpha value is -1.77. The molecular formula is C17H24N2O. The van der Waals surface area contributed by atoms with E-state index in [0.29, 0.717) is 17.6 Å². The third-order valence-corrected chi connectivity index (χ3v) is 4.24. The van der Waals surface area contributed by atoms with Crippen LogP contribution in [0.2, 0.25) is 0 Å². The maximum absolute atomic E-state index is 12.3. The van der Waals surface area contributed by atoms with E-state index >= 15 is 0 Å². The standard InChI is InChI=1S/C17H24N2O/c1-13-6-3-4-9-16(13)19(2)17(20)11-10-14-7-5-8-15(18)12-14/h5,7-8,10-13,16H,3-4,6,9,18H2,1-2H3/b11-10+. The van der Waals surface area contributed by atoms with Crippen molar-refractivity contribution in [3.8, 4) is 0 Å². The van der Waals surface area contributed by atoms with Crippen molar-refractivity contribution in [2.24, 2.45) is 5.92 Å². The molecule has 1 aliphatic carbocycles. The molecule has 1 amide bonds. The minimum atomic E-state index is 0.0752. The molecule has 2 rings (SSSR count). The zero-order valence-electron chi connectivity index (χ0n) is 12.4. The minimum Gasteiger partial charge on any atom is -0.399 e. The number of likely N-dealkylation sites (N-methyl/N-ethyl adjacent to an activating group) is 1. The predicted octanol–water partition coefficient (Wildman–Crippen LogP) is 3.32. The first-order valence-corrected chi connectivity index (χ1v) is 7.38. The fourth-order valence-electron chi connectivity index (χ4n) is 2.98. The molecule has 3 nitrogen and oxygen atoms in total. The molecule has 2 atom stereocenters. The van der Waals surface area contributed by atoms with E-state index in [9.17, 15) is 4.79 Å². The molecule has 1 aliphatic rings. The largest absolute Gasteiger partial charge is 0.399 e. The summed E-state index contributed by atoms with van der Waals surface area (Å²) in [6.45, 7) is 2.25. The zero-order chi connectivity index (χ0) is 14.5. The topological polar surface area (TPSA) is 46.3 Å². The zero-order valence-corrected chi connectivity index (χ0v) is 12.4. The number of anilines is 1. The molecule has 108 valence electrons. The molecule has 0 aromatic heterocycles. The Morgan fingerprint density at radius 2 is 2.10 bits per heavy atom. The van der Waals surface area contributed by atoms with Gasteiger partial charge in [0.25, 0.3) is 0 Å². The van der Waals surface area contributed by atoms with Crippen LogP contribution in [0.4, 0.5) is 5.69 Å². The summed E-state index contributed by atoms with van der Waals surface area (Å²) < 4.78 is 0. The normalized spacial score (nSPS) is 22.9. The number of rotatable bonds is 3. The summed E-state index contributed by atoms with van der Waals surface area (Å²) in [4.78, 5) is 14.1. The molecule has 0 radical (unpaired) electrons. The van der Waals surface area contributed by atoms with Crippen LogP contribution >= 0.6 is 0 Å². The molecule has 0 heterocycles. The monoisotopic (exact) mass is 272 g/mol. The number of hydrogen-bond acceptors (Lipinski definition) is 2. The summed E-state index contributed by atoms with van der Waals surface area (Å²) in [5.74, 6) is 0.671. The molecule has 0 spiro atoms. The van der Waals surface area contributed by atoms with E-state index in [1.165, 1.54) is 19.3 Å². The second-order valence-corrected chi connectivity index (χ2v) is 5.78. The van der Waals surface area contributed by atoms with Gasteiger partial charge in [-0.1, -0.05) is 31.9 Å². The molecule has 1 aromatic rings. The molecule has 1 aromatic carbocycles. The first-order valence-electron chi connectivity index (χ1n) is 7.38. The highest BCUT2D eigenvalue weighted by Gasteiger charge is 2.26. The van der Waals surface area contributed by atoms with E-state index in [4.69, 9.17) is 5.73 Å². The summed E-state index contributed by atoms with van der Waals surface area (Å²) in [5.41, 5.74) is 7.41. The fourth-order valence-corrected chi connectivity index (χ4v) is 2.98. The van der Waals surface area contributed by atoms with Crippen LogP contribution in [0, 0.1) is 5.92 Å². The predicted molar refractivity (Wildman–Crippen MR) is 84.1 cm³/mol. The van der Waals surface area contributed by atoms with Crippen molar-refractivity contribution in [3.05, 3.63) is 35.9 Å².